The van der Waals surface area contributed by atoms with Crippen LogP contribution in [0, 0.1) is 0 Å². The molecular weight excluding hydrogens is 301 g/mol. The lowest BCUT2D eigenvalue weighted by molar-refractivity contribution is -0.137. The first-order chi connectivity index (χ1) is 9.95. The third kappa shape index (κ3) is 2.69. The fourth-order valence-corrected chi connectivity index (χ4v) is 2.23. The lowest BCUT2D eigenvalue weighted by atomic mass is 10.0. The minimum absolute atomic E-state index is 0.00866. The predicted molar refractivity (Wildman–Crippen MR) is 75.0 cm³/mol. The van der Waals surface area contributed by atoms with Crippen LogP contribution in [0.3, 0.4) is 0 Å². The largest absolute Gasteiger partial charge is 0.417 e. The van der Waals surface area contributed by atoms with Gasteiger partial charge in [0, 0.05) is 10.6 Å². The van der Waals surface area contributed by atoms with Crippen molar-refractivity contribution in [1.29, 1.82) is 0 Å². The summed E-state index contributed by atoms with van der Waals surface area (Å²) in [6.45, 7) is 0. The number of nitrogens with zero attached hydrogens (tertiary/aromatic N) is 2. The highest BCUT2D eigenvalue weighted by atomic mass is 35.5. The normalized spacial score (nSPS) is 11.8. The maximum Gasteiger partial charge on any atom is 0.417 e. The molecule has 2 nitrogen and oxygen atoms in total. The Labute approximate surface area is 123 Å². The van der Waals surface area contributed by atoms with E-state index in [2.05, 4.69) is 9.97 Å². The van der Waals surface area contributed by atoms with Gasteiger partial charge in [-0.15, -0.1) is 0 Å². The number of alkyl halides is 3. The highest BCUT2D eigenvalue weighted by Crippen LogP contribution is 2.36. The molecule has 0 bridgehead atoms. The summed E-state index contributed by atoms with van der Waals surface area (Å²) in [4.78, 5) is 8.37. The molecule has 0 saturated heterocycles. The van der Waals surface area contributed by atoms with Gasteiger partial charge in [-0.25, -0.2) is 4.98 Å². The molecule has 1 heterocycles. The van der Waals surface area contributed by atoms with Crippen molar-refractivity contribution in [3.8, 4) is 11.3 Å². The molecule has 0 amide bonds. The van der Waals surface area contributed by atoms with Crippen molar-refractivity contribution in [1.82, 2.24) is 9.97 Å². The molecule has 0 atom stereocenters. The summed E-state index contributed by atoms with van der Waals surface area (Å²) in [5, 5.41) is 0.500. The number of fused-ring (bicyclic) bond motifs is 1. The second-order valence-electron chi connectivity index (χ2n) is 4.43. The van der Waals surface area contributed by atoms with Crippen molar-refractivity contribution >= 4 is 22.6 Å². The predicted octanol–water partition coefficient (Wildman–Crippen LogP) is 4.97. The molecule has 0 radical (unpaired) electrons. The van der Waals surface area contributed by atoms with E-state index in [9.17, 15) is 13.2 Å². The molecule has 0 aliphatic rings. The molecule has 21 heavy (non-hydrogen) atoms. The van der Waals surface area contributed by atoms with E-state index in [-0.39, 0.29) is 11.3 Å². The van der Waals surface area contributed by atoms with Crippen molar-refractivity contribution in [3.63, 3.8) is 0 Å². The smallest absolute Gasteiger partial charge is 0.252 e. The summed E-state index contributed by atoms with van der Waals surface area (Å²) < 4.78 is 39.1. The topological polar surface area (TPSA) is 25.8 Å². The van der Waals surface area contributed by atoms with Gasteiger partial charge in [-0.2, -0.15) is 13.2 Å². The van der Waals surface area contributed by atoms with Gasteiger partial charge in [0.15, 0.2) is 0 Å². The molecule has 106 valence electrons. The zero-order valence-corrected chi connectivity index (χ0v) is 11.3. The highest BCUT2D eigenvalue weighted by Gasteiger charge is 2.33. The van der Waals surface area contributed by atoms with E-state index in [4.69, 9.17) is 11.6 Å². The van der Waals surface area contributed by atoms with Crippen LogP contribution in [0.1, 0.15) is 5.56 Å². The summed E-state index contributed by atoms with van der Waals surface area (Å²) in [5.74, 6) is 0. The van der Waals surface area contributed by atoms with Gasteiger partial charge in [-0.3, -0.25) is 4.98 Å². The van der Waals surface area contributed by atoms with E-state index >= 15 is 0 Å². The van der Waals surface area contributed by atoms with E-state index in [1.165, 1.54) is 24.4 Å². The zero-order chi connectivity index (χ0) is 15.0. The first-order valence-corrected chi connectivity index (χ1v) is 6.42. The minimum Gasteiger partial charge on any atom is -0.252 e. The van der Waals surface area contributed by atoms with Gasteiger partial charge in [0.2, 0.25) is 0 Å². The molecule has 0 unspecified atom stereocenters. The average molecular weight is 309 g/mol. The lowest BCUT2D eigenvalue weighted by Crippen LogP contribution is -2.07. The summed E-state index contributed by atoms with van der Waals surface area (Å²) in [6.07, 6.45) is -3.11. The molecule has 2 aromatic carbocycles. The van der Waals surface area contributed by atoms with Crippen molar-refractivity contribution in [2.45, 2.75) is 6.18 Å². The molecule has 0 fully saturated rings. The van der Waals surface area contributed by atoms with Crippen LogP contribution in [0.15, 0.2) is 48.7 Å². The van der Waals surface area contributed by atoms with E-state index in [0.717, 1.165) is 6.07 Å². The van der Waals surface area contributed by atoms with Crippen LogP contribution in [-0.2, 0) is 6.18 Å². The Bertz CT molecular complexity index is 815. The molecule has 0 saturated carbocycles. The number of benzene rings is 2. The zero-order valence-electron chi connectivity index (χ0n) is 10.5. The van der Waals surface area contributed by atoms with Gasteiger partial charge in [-0.1, -0.05) is 29.8 Å². The fraction of sp³-hybridized carbons (Fsp3) is 0.0667. The third-order valence-corrected chi connectivity index (χ3v) is 3.25. The van der Waals surface area contributed by atoms with Gasteiger partial charge < -0.3 is 0 Å². The van der Waals surface area contributed by atoms with Crippen LogP contribution < -0.4 is 0 Å². The molecular formula is C15H8ClF3N2. The maximum absolute atomic E-state index is 13.0. The Morgan fingerprint density at radius 1 is 0.952 bits per heavy atom. The molecule has 0 aliphatic carbocycles. The summed E-state index contributed by atoms with van der Waals surface area (Å²) in [5.41, 5.74) is 0.490. The second-order valence-corrected chi connectivity index (χ2v) is 4.87. The molecule has 3 aromatic rings. The van der Waals surface area contributed by atoms with Gasteiger partial charge in [-0.05, 0) is 24.3 Å². The van der Waals surface area contributed by atoms with Crippen LogP contribution in [0.2, 0.25) is 5.02 Å². The van der Waals surface area contributed by atoms with Crippen molar-refractivity contribution < 1.29 is 13.2 Å². The number of hydrogen-bond acceptors (Lipinski definition) is 2. The van der Waals surface area contributed by atoms with Crippen LogP contribution >= 0.6 is 11.6 Å². The molecule has 3 rings (SSSR count). The SMILES string of the molecule is FC(F)(F)c1ccccc1-c1cnc2cc(Cl)ccc2n1. The van der Waals surface area contributed by atoms with E-state index < -0.39 is 11.7 Å². The maximum atomic E-state index is 13.0. The quantitative estimate of drug-likeness (QED) is 0.634. The van der Waals surface area contributed by atoms with Crippen molar-refractivity contribution in [2.75, 3.05) is 0 Å². The van der Waals surface area contributed by atoms with Crippen molar-refractivity contribution in [2.24, 2.45) is 0 Å². The van der Waals surface area contributed by atoms with E-state index in [1.807, 2.05) is 0 Å². The van der Waals surface area contributed by atoms with Crippen LogP contribution in [0.4, 0.5) is 13.2 Å². The van der Waals surface area contributed by atoms with Crippen LogP contribution in [0.25, 0.3) is 22.3 Å². The average Bonchev–Trinajstić information content (AvgIpc) is 2.46. The standard InChI is InChI=1S/C15H8ClF3N2/c16-9-5-6-12-13(7-9)20-8-14(21-12)10-3-1-2-4-11(10)15(17,18)19/h1-8H. The van der Waals surface area contributed by atoms with Gasteiger partial charge in [0.1, 0.15) is 0 Å². The van der Waals surface area contributed by atoms with Crippen LogP contribution in [-0.4, -0.2) is 9.97 Å². The number of hydrogen-bond donors (Lipinski definition) is 0. The Morgan fingerprint density at radius 2 is 1.71 bits per heavy atom. The molecule has 1 aromatic heterocycles. The van der Waals surface area contributed by atoms with Gasteiger partial charge >= 0.3 is 6.18 Å². The summed E-state index contributed by atoms with van der Waals surface area (Å²) in [7, 11) is 0. The molecule has 0 spiro atoms. The summed E-state index contributed by atoms with van der Waals surface area (Å²) >= 11 is 5.84. The molecule has 6 heteroatoms. The first kappa shape index (κ1) is 13.8. The number of aromatic nitrogens is 2. The lowest BCUT2D eigenvalue weighted by Gasteiger charge is -2.12. The molecule has 0 aliphatic heterocycles. The molecule has 0 N–H and O–H groups in total. The monoisotopic (exact) mass is 308 g/mol. The van der Waals surface area contributed by atoms with E-state index in [0.29, 0.717) is 16.1 Å². The Balaban J connectivity index is 2.19. The van der Waals surface area contributed by atoms with Crippen molar-refractivity contribution in [3.05, 3.63) is 59.2 Å². The first-order valence-electron chi connectivity index (χ1n) is 6.04. The Morgan fingerprint density at radius 3 is 2.48 bits per heavy atom. The number of rotatable bonds is 1. The summed E-state index contributed by atoms with van der Waals surface area (Å²) in [6, 6.07) is 10.2. The number of halogens is 4. The van der Waals surface area contributed by atoms with Crippen LogP contribution in [0.5, 0.6) is 0 Å². The Hall–Kier alpha value is -2.14. The highest BCUT2D eigenvalue weighted by molar-refractivity contribution is 6.31. The van der Waals surface area contributed by atoms with Gasteiger partial charge in [0.25, 0.3) is 0 Å². The minimum atomic E-state index is -4.44. The van der Waals surface area contributed by atoms with Gasteiger partial charge in [0.05, 0.1) is 28.5 Å². The fourth-order valence-electron chi connectivity index (χ4n) is 2.07. The second kappa shape index (κ2) is 5.00. The Kier molecular flexibility index (Phi) is 3.29. The third-order valence-electron chi connectivity index (χ3n) is 3.01. The van der Waals surface area contributed by atoms with E-state index in [1.54, 1.807) is 18.2 Å².